The highest BCUT2D eigenvalue weighted by molar-refractivity contribution is 6.07. The van der Waals surface area contributed by atoms with Crippen LogP contribution in [0.15, 0.2) is 79.0 Å². The quantitative estimate of drug-likeness (QED) is 0.103. The van der Waals surface area contributed by atoms with E-state index in [1.165, 1.54) is 0 Å². The summed E-state index contributed by atoms with van der Waals surface area (Å²) in [6.07, 6.45) is 0.601. The molecule has 0 unspecified atom stereocenters. The van der Waals surface area contributed by atoms with E-state index in [4.69, 9.17) is 18.9 Å². The molecule has 1 atom stereocenters. The van der Waals surface area contributed by atoms with Crippen LogP contribution in [0, 0.1) is 0 Å². The Morgan fingerprint density at radius 2 is 1.55 bits per heavy atom. The Kier molecular flexibility index (Phi) is 13.0. The Labute approximate surface area is 289 Å². The lowest BCUT2D eigenvalue weighted by molar-refractivity contribution is -0.160. The number of hydrogen-bond donors (Lipinski definition) is 1. The summed E-state index contributed by atoms with van der Waals surface area (Å²) in [5, 5.41) is 3.65. The summed E-state index contributed by atoms with van der Waals surface area (Å²) < 4.78 is 25.2. The molecule has 0 radical (unpaired) electrons. The van der Waals surface area contributed by atoms with Crippen molar-refractivity contribution in [2.75, 3.05) is 19.8 Å². The number of alkyl carbamates (subject to hydrolysis) is 1. The average Bonchev–Trinajstić information content (AvgIpc) is 3.41. The fraction of sp³-hybridized carbons (Fsp3) is 0.410. The van der Waals surface area contributed by atoms with Crippen LogP contribution in [0.2, 0.25) is 0 Å². The van der Waals surface area contributed by atoms with Gasteiger partial charge in [-0.15, -0.1) is 0 Å². The van der Waals surface area contributed by atoms with E-state index in [0.29, 0.717) is 24.5 Å². The molecule has 262 valence electrons. The predicted octanol–water partition coefficient (Wildman–Crippen LogP) is 6.82. The molecule has 4 rings (SSSR count). The molecule has 0 aliphatic rings. The minimum Gasteiger partial charge on any atom is -0.488 e. The zero-order valence-electron chi connectivity index (χ0n) is 29.7. The zero-order chi connectivity index (χ0) is 35.6. The molecule has 2 amide bonds. The van der Waals surface area contributed by atoms with Crippen molar-refractivity contribution < 1.29 is 33.3 Å². The average molecular weight is 672 g/mol. The van der Waals surface area contributed by atoms with Gasteiger partial charge in [-0.05, 0) is 70.4 Å². The first kappa shape index (κ1) is 37.2. The second kappa shape index (κ2) is 17.1. The molecule has 0 bridgehead atoms. The molecule has 4 aromatic rings. The van der Waals surface area contributed by atoms with E-state index in [2.05, 4.69) is 5.32 Å². The number of aromatic nitrogens is 1. The second-order valence-electron chi connectivity index (χ2n) is 12.9. The van der Waals surface area contributed by atoms with Crippen LogP contribution in [0.5, 0.6) is 5.75 Å². The van der Waals surface area contributed by atoms with Crippen molar-refractivity contribution >= 4 is 28.7 Å². The largest absolute Gasteiger partial charge is 0.488 e. The number of aryl methyl sites for hydroxylation is 1. The summed E-state index contributed by atoms with van der Waals surface area (Å²) in [4.78, 5) is 41.9. The van der Waals surface area contributed by atoms with Gasteiger partial charge in [0.2, 0.25) is 5.91 Å². The number of hydrogen-bond acceptors (Lipinski definition) is 7. The zero-order valence-corrected chi connectivity index (χ0v) is 29.7. The van der Waals surface area contributed by atoms with Crippen LogP contribution in [0.4, 0.5) is 4.79 Å². The number of nitrogens with one attached hydrogen (secondary N) is 1. The van der Waals surface area contributed by atoms with E-state index in [-0.39, 0.29) is 43.4 Å². The van der Waals surface area contributed by atoms with Crippen LogP contribution >= 0.6 is 0 Å². The number of para-hydroxylation sites is 1. The molecule has 0 aliphatic heterocycles. The third-order valence-electron chi connectivity index (χ3n) is 7.80. The number of benzene rings is 3. The van der Waals surface area contributed by atoms with Gasteiger partial charge in [0.05, 0.1) is 12.1 Å². The van der Waals surface area contributed by atoms with Gasteiger partial charge in [0.25, 0.3) is 0 Å². The molecule has 0 saturated carbocycles. The molecule has 3 aromatic carbocycles. The molecule has 0 spiro atoms. The summed E-state index contributed by atoms with van der Waals surface area (Å²) in [6.45, 7) is 12.3. The maximum Gasteiger partial charge on any atom is 0.408 e. The maximum atomic E-state index is 14.7. The molecule has 10 heteroatoms. The number of carbonyl (C=O) groups is 3. The van der Waals surface area contributed by atoms with Crippen molar-refractivity contribution in [3.05, 3.63) is 101 Å². The molecular weight excluding hydrogens is 622 g/mol. The highest BCUT2D eigenvalue weighted by Gasteiger charge is 2.30. The Morgan fingerprint density at radius 1 is 0.878 bits per heavy atom. The van der Waals surface area contributed by atoms with Gasteiger partial charge in [0.1, 0.15) is 24.0 Å². The fourth-order valence-electron chi connectivity index (χ4n) is 5.71. The van der Waals surface area contributed by atoms with Gasteiger partial charge in [0, 0.05) is 50.4 Å². The van der Waals surface area contributed by atoms with Crippen LogP contribution in [-0.2, 0) is 45.6 Å². The first-order valence-electron chi connectivity index (χ1n) is 16.7. The maximum absolute atomic E-state index is 14.7. The smallest absolute Gasteiger partial charge is 0.408 e. The number of ether oxygens (including phenoxy) is 4. The lowest BCUT2D eigenvalue weighted by atomic mass is 10.0. The van der Waals surface area contributed by atoms with Gasteiger partial charge < -0.3 is 33.7 Å². The van der Waals surface area contributed by atoms with Crippen LogP contribution in [-0.4, -0.2) is 64.9 Å². The SMILES string of the molecule is CCOC(CN(Cc1cccc2c(C(C)=O)cn(C)c12)C(=O)[C@H](Cc1ccc(OC(C)(C)C)cc1)NC(=O)OCc1ccccc1)OCC. The van der Waals surface area contributed by atoms with Gasteiger partial charge in [0.15, 0.2) is 12.1 Å². The van der Waals surface area contributed by atoms with Crippen molar-refractivity contribution in [2.45, 2.75) is 79.0 Å². The van der Waals surface area contributed by atoms with Gasteiger partial charge in [-0.1, -0.05) is 60.7 Å². The van der Waals surface area contributed by atoms with E-state index in [1.807, 2.05) is 125 Å². The first-order chi connectivity index (χ1) is 23.4. The van der Waals surface area contributed by atoms with E-state index in [0.717, 1.165) is 27.6 Å². The van der Waals surface area contributed by atoms with Crippen LogP contribution in [0.3, 0.4) is 0 Å². The van der Waals surface area contributed by atoms with Crippen molar-refractivity contribution in [1.29, 1.82) is 0 Å². The molecular formula is C39H49N3O7. The van der Waals surface area contributed by atoms with Crippen molar-refractivity contribution in [1.82, 2.24) is 14.8 Å². The normalized spacial score (nSPS) is 12.2. The third kappa shape index (κ3) is 10.7. The van der Waals surface area contributed by atoms with Crippen LogP contribution < -0.4 is 10.1 Å². The Hall–Kier alpha value is -4.67. The lowest BCUT2D eigenvalue weighted by Crippen LogP contribution is -2.51. The highest BCUT2D eigenvalue weighted by atomic mass is 16.7. The molecule has 1 heterocycles. The number of Topliss-reactive ketones (excluding diaryl/α,β-unsaturated/α-hetero) is 1. The summed E-state index contributed by atoms with van der Waals surface area (Å²) in [7, 11) is 1.88. The van der Waals surface area contributed by atoms with Crippen molar-refractivity contribution in [3.8, 4) is 5.75 Å². The fourth-order valence-corrected chi connectivity index (χ4v) is 5.71. The van der Waals surface area contributed by atoms with E-state index >= 15 is 0 Å². The van der Waals surface area contributed by atoms with Gasteiger partial charge in [-0.25, -0.2) is 4.79 Å². The second-order valence-corrected chi connectivity index (χ2v) is 12.9. The third-order valence-corrected chi connectivity index (χ3v) is 7.80. The number of amides is 2. The minimum atomic E-state index is -0.984. The molecule has 0 fully saturated rings. The Bertz CT molecular complexity index is 1690. The highest BCUT2D eigenvalue weighted by Crippen LogP contribution is 2.27. The number of carbonyl (C=O) groups excluding carboxylic acids is 3. The van der Waals surface area contributed by atoms with Crippen molar-refractivity contribution in [2.24, 2.45) is 7.05 Å². The number of ketones is 1. The first-order valence-corrected chi connectivity index (χ1v) is 16.7. The van der Waals surface area contributed by atoms with E-state index < -0.39 is 18.4 Å². The predicted molar refractivity (Wildman–Crippen MR) is 189 cm³/mol. The molecule has 0 saturated heterocycles. The molecule has 0 aliphatic carbocycles. The van der Waals surface area contributed by atoms with Gasteiger partial charge in [-0.3, -0.25) is 9.59 Å². The van der Waals surface area contributed by atoms with E-state index in [1.54, 1.807) is 11.8 Å². The summed E-state index contributed by atoms with van der Waals surface area (Å²) in [5.41, 5.74) is 3.57. The molecule has 49 heavy (non-hydrogen) atoms. The lowest BCUT2D eigenvalue weighted by Gasteiger charge is -2.31. The van der Waals surface area contributed by atoms with Gasteiger partial charge >= 0.3 is 6.09 Å². The summed E-state index contributed by atoms with van der Waals surface area (Å²) >= 11 is 0. The summed E-state index contributed by atoms with van der Waals surface area (Å²) in [5.74, 6) is 0.322. The van der Waals surface area contributed by atoms with Crippen LogP contribution in [0.25, 0.3) is 10.9 Å². The summed E-state index contributed by atoms with van der Waals surface area (Å²) in [6, 6.07) is 21.6. The Morgan fingerprint density at radius 3 is 2.16 bits per heavy atom. The van der Waals surface area contributed by atoms with Crippen molar-refractivity contribution in [3.63, 3.8) is 0 Å². The monoisotopic (exact) mass is 671 g/mol. The number of nitrogens with zero attached hydrogens (tertiary/aromatic N) is 2. The van der Waals surface area contributed by atoms with Crippen LogP contribution in [0.1, 0.15) is 68.6 Å². The van der Waals surface area contributed by atoms with E-state index in [9.17, 15) is 14.4 Å². The molecule has 10 nitrogen and oxygen atoms in total. The minimum absolute atomic E-state index is 0.0411. The molecule has 1 N–H and O–H groups in total. The number of rotatable bonds is 16. The van der Waals surface area contributed by atoms with Gasteiger partial charge in [-0.2, -0.15) is 0 Å². The standard InChI is InChI=1S/C39H49N3O7/c1-8-46-35(47-9-2)25-42(23-30-16-13-17-32-33(27(3)43)24-41(7)36(30)32)37(44)34(40-38(45)48-26-29-14-11-10-12-15-29)22-28-18-20-31(21-19-28)49-39(4,5)6/h10-21,24,34-35H,8-9,22-23,25-26H2,1-7H3,(H,40,45)/t34-/m0/s1. The topological polar surface area (TPSA) is 108 Å². The Balaban J connectivity index is 1.68. The number of fused-ring (bicyclic) bond motifs is 1. The molecule has 1 aromatic heterocycles.